The standard InChI is InChI=1S/C17H27N3O3.ClH/c1-14-11-18-6-7-20(14)13-17(21)19-12-15-4-3-5-16(10-15)23-9-8-22-2;/h3-5,10,14,18H,6-9,11-13H2,1-2H3,(H,19,21);1H/t14-;/m1./s1. The molecule has 0 bridgehead atoms. The number of piperazine rings is 1. The normalized spacial score (nSPS) is 17.8. The molecule has 1 fully saturated rings. The van der Waals surface area contributed by atoms with E-state index in [0.29, 0.717) is 32.3 Å². The Morgan fingerprint density at radius 3 is 3.00 bits per heavy atom. The summed E-state index contributed by atoms with van der Waals surface area (Å²) in [6, 6.07) is 8.16. The number of benzene rings is 1. The van der Waals surface area contributed by atoms with Gasteiger partial charge in [0.1, 0.15) is 12.4 Å². The second-order valence-electron chi connectivity index (χ2n) is 5.79. The number of amides is 1. The average molecular weight is 358 g/mol. The van der Waals surface area contributed by atoms with E-state index in [4.69, 9.17) is 9.47 Å². The van der Waals surface area contributed by atoms with Crippen LogP contribution >= 0.6 is 12.4 Å². The maximum absolute atomic E-state index is 12.1. The van der Waals surface area contributed by atoms with Gasteiger partial charge < -0.3 is 20.1 Å². The van der Waals surface area contributed by atoms with Crippen LogP contribution in [0, 0.1) is 0 Å². The molecule has 0 aromatic heterocycles. The first kappa shape index (κ1) is 20.7. The van der Waals surface area contributed by atoms with Gasteiger partial charge in [0.2, 0.25) is 5.91 Å². The Hall–Kier alpha value is -1.34. The van der Waals surface area contributed by atoms with E-state index in [9.17, 15) is 4.79 Å². The van der Waals surface area contributed by atoms with Gasteiger partial charge in [-0.2, -0.15) is 0 Å². The molecule has 1 saturated heterocycles. The molecule has 0 radical (unpaired) electrons. The van der Waals surface area contributed by atoms with Crippen molar-refractivity contribution in [2.24, 2.45) is 0 Å². The predicted molar refractivity (Wildman–Crippen MR) is 96.8 cm³/mol. The van der Waals surface area contributed by atoms with Crippen LogP contribution in [0.5, 0.6) is 5.75 Å². The lowest BCUT2D eigenvalue weighted by Crippen LogP contribution is -2.52. The highest BCUT2D eigenvalue weighted by molar-refractivity contribution is 5.85. The van der Waals surface area contributed by atoms with Crippen molar-refractivity contribution < 1.29 is 14.3 Å². The van der Waals surface area contributed by atoms with Gasteiger partial charge >= 0.3 is 0 Å². The molecule has 136 valence electrons. The Balaban J connectivity index is 0.00000288. The summed E-state index contributed by atoms with van der Waals surface area (Å²) < 4.78 is 10.5. The molecule has 1 aliphatic heterocycles. The van der Waals surface area contributed by atoms with Crippen LogP contribution in [-0.2, 0) is 16.1 Å². The van der Waals surface area contributed by atoms with Crippen molar-refractivity contribution in [3.8, 4) is 5.75 Å². The van der Waals surface area contributed by atoms with E-state index in [1.165, 1.54) is 0 Å². The maximum Gasteiger partial charge on any atom is 0.234 e. The molecular formula is C17H28ClN3O3. The van der Waals surface area contributed by atoms with Crippen LogP contribution in [0.4, 0.5) is 0 Å². The van der Waals surface area contributed by atoms with Crippen molar-refractivity contribution >= 4 is 18.3 Å². The van der Waals surface area contributed by atoms with Crippen molar-refractivity contribution in [2.75, 3.05) is 46.5 Å². The van der Waals surface area contributed by atoms with Gasteiger partial charge in [0.25, 0.3) is 0 Å². The molecule has 0 aliphatic carbocycles. The number of rotatable bonds is 8. The third-order valence-electron chi connectivity index (χ3n) is 3.93. The van der Waals surface area contributed by atoms with Crippen LogP contribution in [0.15, 0.2) is 24.3 Å². The number of halogens is 1. The number of methoxy groups -OCH3 is 1. The van der Waals surface area contributed by atoms with Gasteiger partial charge in [0, 0.05) is 39.3 Å². The third-order valence-corrected chi connectivity index (χ3v) is 3.93. The van der Waals surface area contributed by atoms with Gasteiger partial charge in [0.15, 0.2) is 0 Å². The smallest absolute Gasteiger partial charge is 0.234 e. The zero-order valence-electron chi connectivity index (χ0n) is 14.4. The summed E-state index contributed by atoms with van der Waals surface area (Å²) in [6.45, 7) is 6.98. The Kier molecular flexibility index (Phi) is 9.71. The van der Waals surface area contributed by atoms with Crippen LogP contribution in [0.25, 0.3) is 0 Å². The number of carbonyl (C=O) groups is 1. The minimum Gasteiger partial charge on any atom is -0.491 e. The largest absolute Gasteiger partial charge is 0.491 e. The highest BCUT2D eigenvalue weighted by atomic mass is 35.5. The predicted octanol–water partition coefficient (Wildman–Crippen LogP) is 1.04. The number of ether oxygens (including phenoxy) is 2. The lowest BCUT2D eigenvalue weighted by molar-refractivity contribution is -0.123. The first-order valence-corrected chi connectivity index (χ1v) is 8.11. The monoisotopic (exact) mass is 357 g/mol. The van der Waals surface area contributed by atoms with Crippen molar-refractivity contribution in [1.82, 2.24) is 15.5 Å². The zero-order valence-corrected chi connectivity index (χ0v) is 15.2. The fraction of sp³-hybridized carbons (Fsp3) is 0.588. The van der Waals surface area contributed by atoms with Gasteiger partial charge in [0.05, 0.1) is 13.2 Å². The van der Waals surface area contributed by atoms with Crippen LogP contribution in [0.1, 0.15) is 12.5 Å². The first-order chi connectivity index (χ1) is 11.2. The van der Waals surface area contributed by atoms with Gasteiger partial charge in [-0.3, -0.25) is 9.69 Å². The van der Waals surface area contributed by atoms with Crippen molar-refractivity contribution in [2.45, 2.75) is 19.5 Å². The van der Waals surface area contributed by atoms with E-state index in [-0.39, 0.29) is 18.3 Å². The van der Waals surface area contributed by atoms with E-state index in [1.54, 1.807) is 7.11 Å². The summed E-state index contributed by atoms with van der Waals surface area (Å²) in [6.07, 6.45) is 0. The van der Waals surface area contributed by atoms with E-state index >= 15 is 0 Å². The van der Waals surface area contributed by atoms with E-state index < -0.39 is 0 Å². The molecule has 1 aromatic rings. The summed E-state index contributed by atoms with van der Waals surface area (Å²) in [7, 11) is 1.65. The minimum atomic E-state index is 0. The molecule has 1 aromatic carbocycles. The van der Waals surface area contributed by atoms with E-state index in [2.05, 4.69) is 22.5 Å². The molecule has 1 atom stereocenters. The Morgan fingerprint density at radius 1 is 1.42 bits per heavy atom. The lowest BCUT2D eigenvalue weighted by Gasteiger charge is -2.33. The molecule has 0 saturated carbocycles. The molecule has 1 aliphatic rings. The molecule has 7 heteroatoms. The highest BCUT2D eigenvalue weighted by Crippen LogP contribution is 2.13. The fourth-order valence-electron chi connectivity index (χ4n) is 2.55. The molecule has 24 heavy (non-hydrogen) atoms. The zero-order chi connectivity index (χ0) is 16.5. The number of carbonyl (C=O) groups excluding carboxylic acids is 1. The van der Waals surface area contributed by atoms with Crippen LogP contribution in [0.3, 0.4) is 0 Å². The van der Waals surface area contributed by atoms with Crippen LogP contribution in [0.2, 0.25) is 0 Å². The molecule has 1 amide bonds. The van der Waals surface area contributed by atoms with E-state index in [1.807, 2.05) is 24.3 Å². The molecule has 1 heterocycles. The summed E-state index contributed by atoms with van der Waals surface area (Å²) >= 11 is 0. The number of hydrogen-bond acceptors (Lipinski definition) is 5. The van der Waals surface area contributed by atoms with Gasteiger partial charge in [-0.15, -0.1) is 12.4 Å². The average Bonchev–Trinajstić information content (AvgIpc) is 2.56. The first-order valence-electron chi connectivity index (χ1n) is 8.11. The summed E-state index contributed by atoms with van der Waals surface area (Å²) in [4.78, 5) is 14.3. The van der Waals surface area contributed by atoms with Crippen molar-refractivity contribution in [1.29, 1.82) is 0 Å². The second-order valence-corrected chi connectivity index (χ2v) is 5.79. The molecule has 0 spiro atoms. The third kappa shape index (κ3) is 7.05. The fourth-order valence-corrected chi connectivity index (χ4v) is 2.55. The topological polar surface area (TPSA) is 62.8 Å². The maximum atomic E-state index is 12.1. The van der Waals surface area contributed by atoms with Crippen LogP contribution in [-0.4, -0.2) is 63.4 Å². The number of hydrogen-bond donors (Lipinski definition) is 2. The Morgan fingerprint density at radius 2 is 2.25 bits per heavy atom. The van der Waals surface area contributed by atoms with Gasteiger partial charge in [-0.05, 0) is 24.6 Å². The Labute approximate surface area is 150 Å². The quantitative estimate of drug-likeness (QED) is 0.681. The molecule has 2 N–H and O–H groups in total. The van der Waals surface area contributed by atoms with Crippen molar-refractivity contribution in [3.05, 3.63) is 29.8 Å². The van der Waals surface area contributed by atoms with Crippen molar-refractivity contribution in [3.63, 3.8) is 0 Å². The summed E-state index contributed by atoms with van der Waals surface area (Å²) in [5, 5.41) is 6.31. The molecule has 2 rings (SSSR count). The second kappa shape index (κ2) is 11.3. The number of nitrogens with one attached hydrogen (secondary N) is 2. The lowest BCUT2D eigenvalue weighted by atomic mass is 10.2. The number of nitrogens with zero attached hydrogens (tertiary/aromatic N) is 1. The highest BCUT2D eigenvalue weighted by Gasteiger charge is 2.19. The van der Waals surface area contributed by atoms with Gasteiger partial charge in [-0.1, -0.05) is 12.1 Å². The molecular weight excluding hydrogens is 330 g/mol. The Bertz CT molecular complexity index is 502. The van der Waals surface area contributed by atoms with E-state index in [0.717, 1.165) is 30.9 Å². The summed E-state index contributed by atoms with van der Waals surface area (Å²) in [5.74, 6) is 0.856. The summed E-state index contributed by atoms with van der Waals surface area (Å²) in [5.41, 5.74) is 1.03. The minimum absolute atomic E-state index is 0. The van der Waals surface area contributed by atoms with Gasteiger partial charge in [-0.25, -0.2) is 0 Å². The van der Waals surface area contributed by atoms with Crippen LogP contribution < -0.4 is 15.4 Å². The SMILES string of the molecule is COCCOc1cccc(CNC(=O)CN2CCNC[C@H]2C)c1.Cl. The molecule has 6 nitrogen and oxygen atoms in total. The molecule has 0 unspecified atom stereocenters.